The number of hydroxylamine groups is 1. The number of para-hydroxylation sites is 1. The highest BCUT2D eigenvalue weighted by Gasteiger charge is 2.59. The van der Waals surface area contributed by atoms with Gasteiger partial charge in [-0.25, -0.2) is 9.96 Å². The zero-order valence-corrected chi connectivity index (χ0v) is 15.4. The summed E-state index contributed by atoms with van der Waals surface area (Å²) < 4.78 is 5.15. The van der Waals surface area contributed by atoms with Crippen molar-refractivity contribution in [3.05, 3.63) is 54.6 Å². The minimum Gasteiger partial charge on any atom is -0.497 e. The second kappa shape index (κ2) is 7.04. The first kappa shape index (κ1) is 17.5. The van der Waals surface area contributed by atoms with Crippen molar-refractivity contribution in [2.45, 2.75) is 31.9 Å². The maximum atomic E-state index is 13.2. The van der Waals surface area contributed by atoms with Crippen LogP contribution in [0.25, 0.3) is 0 Å². The fourth-order valence-corrected chi connectivity index (χ4v) is 3.90. The van der Waals surface area contributed by atoms with Crippen molar-refractivity contribution in [3.8, 4) is 5.75 Å². The van der Waals surface area contributed by atoms with Crippen molar-refractivity contribution in [1.29, 1.82) is 0 Å². The summed E-state index contributed by atoms with van der Waals surface area (Å²) in [5.41, 5.74) is 1.41. The number of carbonyl (C=O) groups excluding carboxylic acids is 2. The molecule has 0 unspecified atom stereocenters. The van der Waals surface area contributed by atoms with Gasteiger partial charge in [0.1, 0.15) is 5.75 Å². The highest BCUT2D eigenvalue weighted by Crippen LogP contribution is 2.41. The van der Waals surface area contributed by atoms with Crippen molar-refractivity contribution < 1.29 is 19.2 Å². The highest BCUT2D eigenvalue weighted by atomic mass is 16.7. The van der Waals surface area contributed by atoms with Crippen LogP contribution in [0.1, 0.15) is 19.8 Å². The molecule has 2 fully saturated rings. The number of amides is 2. The average Bonchev–Trinajstić information content (AvgIpc) is 3.19. The van der Waals surface area contributed by atoms with Gasteiger partial charge in [0.2, 0.25) is 5.91 Å². The molecule has 2 heterocycles. The van der Waals surface area contributed by atoms with Gasteiger partial charge in [0, 0.05) is 0 Å². The van der Waals surface area contributed by atoms with E-state index in [9.17, 15) is 9.59 Å². The molecular weight excluding hydrogens is 344 g/mol. The van der Waals surface area contributed by atoms with E-state index >= 15 is 0 Å². The van der Waals surface area contributed by atoms with Gasteiger partial charge in [-0.1, -0.05) is 31.5 Å². The first-order valence-electron chi connectivity index (χ1n) is 9.18. The molecule has 0 aromatic heterocycles. The molecule has 2 aliphatic rings. The molecule has 2 aliphatic heterocycles. The van der Waals surface area contributed by atoms with Crippen LogP contribution in [0.5, 0.6) is 5.75 Å². The number of nitrogens with zero attached hydrogens (tertiary/aromatic N) is 2. The van der Waals surface area contributed by atoms with Gasteiger partial charge < -0.3 is 4.74 Å². The van der Waals surface area contributed by atoms with E-state index < -0.39 is 12.0 Å². The lowest BCUT2D eigenvalue weighted by Gasteiger charge is -2.28. The minimum atomic E-state index is -0.781. The maximum absolute atomic E-state index is 13.2. The SMILES string of the molecule is CCC[C@H]1[C@@H]2C(=O)N(c3ccc(OC)cc3)C(=O)[C@@H]2ON1c1ccccc1. The Labute approximate surface area is 158 Å². The van der Waals surface area contributed by atoms with Gasteiger partial charge >= 0.3 is 0 Å². The Hall–Kier alpha value is -2.86. The topological polar surface area (TPSA) is 59.1 Å². The van der Waals surface area contributed by atoms with Crippen molar-refractivity contribution in [2.75, 3.05) is 17.1 Å². The van der Waals surface area contributed by atoms with Gasteiger partial charge in [0.15, 0.2) is 6.10 Å². The Balaban J connectivity index is 1.65. The van der Waals surface area contributed by atoms with Crippen LogP contribution in [0, 0.1) is 5.92 Å². The van der Waals surface area contributed by atoms with E-state index in [1.165, 1.54) is 4.90 Å². The number of hydrogen-bond acceptors (Lipinski definition) is 5. The summed E-state index contributed by atoms with van der Waals surface area (Å²) in [6, 6.07) is 16.4. The van der Waals surface area contributed by atoms with Gasteiger partial charge in [-0.3, -0.25) is 14.4 Å². The average molecular weight is 366 g/mol. The molecule has 4 rings (SSSR count). The van der Waals surface area contributed by atoms with Crippen LogP contribution in [0.2, 0.25) is 0 Å². The predicted octanol–water partition coefficient (Wildman–Crippen LogP) is 3.17. The Morgan fingerprint density at radius 1 is 0.963 bits per heavy atom. The Morgan fingerprint density at radius 3 is 2.30 bits per heavy atom. The van der Waals surface area contributed by atoms with E-state index in [-0.39, 0.29) is 17.9 Å². The van der Waals surface area contributed by atoms with Crippen LogP contribution in [-0.2, 0) is 14.4 Å². The zero-order chi connectivity index (χ0) is 19.0. The molecule has 3 atom stereocenters. The Bertz CT molecular complexity index is 837. The normalized spacial score (nSPS) is 24.4. The van der Waals surface area contributed by atoms with E-state index in [2.05, 4.69) is 6.92 Å². The Kier molecular flexibility index (Phi) is 4.58. The second-order valence-corrected chi connectivity index (χ2v) is 6.78. The standard InChI is InChI=1S/C21H22N2O4/c1-3-7-17-18-19(27-23(17)15-8-5-4-6-9-15)21(25)22(20(18)24)14-10-12-16(26-2)13-11-14/h4-6,8-13,17-19H,3,7H2,1-2H3/t17-,18-,19+/m0/s1. The van der Waals surface area contributed by atoms with E-state index in [1.54, 1.807) is 36.4 Å². The summed E-state index contributed by atoms with van der Waals surface area (Å²) in [4.78, 5) is 33.4. The fraction of sp³-hybridized carbons (Fsp3) is 0.333. The van der Waals surface area contributed by atoms with E-state index in [0.717, 1.165) is 18.5 Å². The lowest BCUT2D eigenvalue weighted by Crippen LogP contribution is -2.40. The molecule has 0 saturated carbocycles. The Morgan fingerprint density at radius 2 is 1.67 bits per heavy atom. The molecule has 2 amide bonds. The molecule has 0 N–H and O–H groups in total. The van der Waals surface area contributed by atoms with Crippen molar-refractivity contribution in [2.24, 2.45) is 5.92 Å². The van der Waals surface area contributed by atoms with Crippen molar-refractivity contribution in [3.63, 3.8) is 0 Å². The molecule has 2 aromatic carbocycles. The lowest BCUT2D eigenvalue weighted by molar-refractivity contribution is -0.126. The van der Waals surface area contributed by atoms with Crippen LogP contribution >= 0.6 is 0 Å². The van der Waals surface area contributed by atoms with Crippen LogP contribution in [-0.4, -0.2) is 31.1 Å². The first-order chi connectivity index (χ1) is 13.2. The third kappa shape index (κ3) is 2.86. The molecule has 0 aliphatic carbocycles. The fourth-order valence-electron chi connectivity index (χ4n) is 3.90. The van der Waals surface area contributed by atoms with Gasteiger partial charge in [0.25, 0.3) is 5.91 Å². The molecule has 140 valence electrons. The van der Waals surface area contributed by atoms with Crippen molar-refractivity contribution in [1.82, 2.24) is 0 Å². The van der Waals surface area contributed by atoms with E-state index in [0.29, 0.717) is 11.4 Å². The van der Waals surface area contributed by atoms with Crippen LogP contribution in [0.3, 0.4) is 0 Å². The third-order valence-electron chi connectivity index (χ3n) is 5.16. The number of anilines is 2. The number of benzene rings is 2. The highest BCUT2D eigenvalue weighted by molar-refractivity contribution is 6.23. The summed E-state index contributed by atoms with van der Waals surface area (Å²) in [6.07, 6.45) is 0.882. The number of ether oxygens (including phenoxy) is 1. The maximum Gasteiger partial charge on any atom is 0.266 e. The van der Waals surface area contributed by atoms with Gasteiger partial charge in [-0.15, -0.1) is 0 Å². The number of imide groups is 1. The molecule has 6 nitrogen and oxygen atoms in total. The zero-order valence-electron chi connectivity index (χ0n) is 15.4. The number of hydrogen-bond donors (Lipinski definition) is 0. The summed E-state index contributed by atoms with van der Waals surface area (Å²) in [7, 11) is 1.58. The van der Waals surface area contributed by atoms with Crippen LogP contribution < -0.4 is 14.7 Å². The number of methoxy groups -OCH3 is 1. The molecule has 0 radical (unpaired) electrons. The quantitative estimate of drug-likeness (QED) is 0.761. The van der Waals surface area contributed by atoms with Gasteiger partial charge in [0.05, 0.1) is 30.4 Å². The van der Waals surface area contributed by atoms with E-state index in [1.807, 2.05) is 30.3 Å². The molecule has 2 saturated heterocycles. The molecular formula is C21H22N2O4. The largest absolute Gasteiger partial charge is 0.497 e. The van der Waals surface area contributed by atoms with E-state index in [4.69, 9.17) is 9.57 Å². The summed E-state index contributed by atoms with van der Waals surface area (Å²) in [6.45, 7) is 2.07. The molecule has 0 bridgehead atoms. The predicted molar refractivity (Wildman–Crippen MR) is 101 cm³/mol. The number of carbonyl (C=O) groups is 2. The van der Waals surface area contributed by atoms with Gasteiger partial charge in [-0.2, -0.15) is 0 Å². The number of rotatable bonds is 5. The summed E-state index contributed by atoms with van der Waals surface area (Å²) in [5.74, 6) is -0.338. The van der Waals surface area contributed by atoms with Crippen LogP contribution in [0.4, 0.5) is 11.4 Å². The lowest BCUT2D eigenvalue weighted by atomic mass is 9.93. The first-order valence-corrected chi connectivity index (χ1v) is 9.18. The summed E-state index contributed by atoms with van der Waals surface area (Å²) in [5, 5.41) is 1.75. The molecule has 2 aromatic rings. The third-order valence-corrected chi connectivity index (χ3v) is 5.16. The van der Waals surface area contributed by atoms with Crippen molar-refractivity contribution >= 4 is 23.2 Å². The van der Waals surface area contributed by atoms with Crippen LogP contribution in [0.15, 0.2) is 54.6 Å². The van der Waals surface area contributed by atoms with Gasteiger partial charge in [-0.05, 0) is 42.8 Å². The number of fused-ring (bicyclic) bond motifs is 1. The second-order valence-electron chi connectivity index (χ2n) is 6.78. The smallest absolute Gasteiger partial charge is 0.266 e. The molecule has 0 spiro atoms. The summed E-state index contributed by atoms with van der Waals surface area (Å²) >= 11 is 0. The minimum absolute atomic E-state index is 0.165. The molecule has 27 heavy (non-hydrogen) atoms. The molecule has 6 heteroatoms. The monoisotopic (exact) mass is 366 g/mol.